The SMILES string of the molecule is Nc1[nH]c(=O)c(C(=O)NCC2CCN(CC3CCCCC3)CC2)cc1Cl. The first-order chi connectivity index (χ1) is 12.5. The van der Waals surface area contributed by atoms with E-state index in [1.165, 1.54) is 44.7 Å². The third kappa shape index (κ3) is 5.01. The molecule has 2 heterocycles. The molecule has 1 aromatic rings. The summed E-state index contributed by atoms with van der Waals surface area (Å²) in [4.78, 5) is 29.1. The maximum Gasteiger partial charge on any atom is 0.262 e. The quantitative estimate of drug-likeness (QED) is 0.732. The first-order valence-electron chi connectivity index (χ1n) is 9.71. The molecule has 0 aromatic carbocycles. The smallest absolute Gasteiger partial charge is 0.262 e. The summed E-state index contributed by atoms with van der Waals surface area (Å²) in [6.07, 6.45) is 9.13. The molecule has 4 N–H and O–H groups in total. The minimum atomic E-state index is -0.508. The van der Waals surface area contributed by atoms with Crippen molar-refractivity contribution >= 4 is 23.3 Å². The van der Waals surface area contributed by atoms with Crippen LogP contribution in [-0.2, 0) is 0 Å². The molecule has 0 bridgehead atoms. The van der Waals surface area contributed by atoms with Crippen molar-refractivity contribution in [1.29, 1.82) is 0 Å². The zero-order valence-corrected chi connectivity index (χ0v) is 16.0. The van der Waals surface area contributed by atoms with Crippen molar-refractivity contribution in [3.8, 4) is 0 Å². The highest BCUT2D eigenvalue weighted by atomic mass is 35.5. The van der Waals surface area contributed by atoms with Gasteiger partial charge in [-0.2, -0.15) is 0 Å². The Balaban J connectivity index is 1.43. The number of amides is 1. The van der Waals surface area contributed by atoms with Crippen LogP contribution >= 0.6 is 11.6 Å². The standard InChI is InChI=1S/C19H29ClN4O2/c20-16-10-15(19(26)23-17(16)21)18(25)22-11-13-6-8-24(9-7-13)12-14-4-2-1-3-5-14/h10,13-14H,1-9,11-12H2,(H,22,25)(H3,21,23,26). The number of pyridine rings is 1. The molecule has 2 fully saturated rings. The molecule has 0 unspecified atom stereocenters. The second-order valence-electron chi connectivity index (χ2n) is 7.73. The third-order valence-corrected chi connectivity index (χ3v) is 6.08. The van der Waals surface area contributed by atoms with E-state index in [1.807, 2.05) is 0 Å². The molecule has 144 valence electrons. The van der Waals surface area contributed by atoms with Gasteiger partial charge in [-0.15, -0.1) is 0 Å². The molecule has 26 heavy (non-hydrogen) atoms. The Hall–Kier alpha value is -1.53. The number of likely N-dealkylation sites (tertiary alicyclic amines) is 1. The van der Waals surface area contributed by atoms with Crippen LogP contribution in [0.3, 0.4) is 0 Å². The number of halogens is 1. The molecule has 2 aliphatic rings. The second-order valence-corrected chi connectivity index (χ2v) is 8.14. The summed E-state index contributed by atoms with van der Waals surface area (Å²) in [7, 11) is 0. The van der Waals surface area contributed by atoms with Crippen LogP contribution in [0.25, 0.3) is 0 Å². The highest BCUT2D eigenvalue weighted by molar-refractivity contribution is 6.33. The first-order valence-corrected chi connectivity index (χ1v) is 10.1. The monoisotopic (exact) mass is 380 g/mol. The Kier molecular flexibility index (Phi) is 6.59. The molecule has 0 radical (unpaired) electrons. The summed E-state index contributed by atoms with van der Waals surface area (Å²) in [6, 6.07) is 1.33. The molecule has 6 nitrogen and oxygen atoms in total. The number of carbonyl (C=O) groups excluding carboxylic acids is 1. The van der Waals surface area contributed by atoms with Crippen molar-refractivity contribution in [1.82, 2.24) is 15.2 Å². The number of carbonyl (C=O) groups is 1. The average molecular weight is 381 g/mol. The van der Waals surface area contributed by atoms with E-state index < -0.39 is 11.5 Å². The van der Waals surface area contributed by atoms with E-state index in [0.29, 0.717) is 12.5 Å². The van der Waals surface area contributed by atoms with E-state index in [9.17, 15) is 9.59 Å². The van der Waals surface area contributed by atoms with Crippen LogP contribution < -0.4 is 16.6 Å². The number of piperidine rings is 1. The fourth-order valence-corrected chi connectivity index (χ4v) is 4.28. The van der Waals surface area contributed by atoms with Gasteiger partial charge in [0.2, 0.25) is 0 Å². The molecule has 3 rings (SSSR count). The molecule has 1 saturated heterocycles. The number of aromatic amines is 1. The number of nitrogens with one attached hydrogen (secondary N) is 2. The fraction of sp³-hybridized carbons (Fsp3) is 0.684. The second kappa shape index (κ2) is 8.91. The van der Waals surface area contributed by atoms with Gasteiger partial charge in [0, 0.05) is 13.1 Å². The summed E-state index contributed by atoms with van der Waals surface area (Å²) in [6.45, 7) is 4.03. The number of nitrogens with two attached hydrogens (primary N) is 1. The van der Waals surface area contributed by atoms with Crippen LogP contribution in [0.4, 0.5) is 5.82 Å². The highest BCUT2D eigenvalue weighted by Gasteiger charge is 2.23. The van der Waals surface area contributed by atoms with Crippen LogP contribution in [0.1, 0.15) is 55.3 Å². The van der Waals surface area contributed by atoms with E-state index in [2.05, 4.69) is 15.2 Å². The minimum Gasteiger partial charge on any atom is -0.384 e. The van der Waals surface area contributed by atoms with Crippen LogP contribution in [0.5, 0.6) is 0 Å². The van der Waals surface area contributed by atoms with Gasteiger partial charge in [-0.1, -0.05) is 30.9 Å². The van der Waals surface area contributed by atoms with Crippen LogP contribution in [0.2, 0.25) is 5.02 Å². The molecular formula is C19H29ClN4O2. The number of anilines is 1. The first kappa shape index (κ1) is 19.2. The third-order valence-electron chi connectivity index (χ3n) is 5.77. The summed E-state index contributed by atoms with van der Waals surface area (Å²) >= 11 is 5.89. The molecule has 1 aliphatic carbocycles. The van der Waals surface area contributed by atoms with E-state index >= 15 is 0 Å². The van der Waals surface area contributed by atoms with E-state index in [4.69, 9.17) is 17.3 Å². The van der Waals surface area contributed by atoms with Gasteiger partial charge >= 0.3 is 0 Å². The number of hydrogen-bond donors (Lipinski definition) is 3. The van der Waals surface area contributed by atoms with Crippen molar-refractivity contribution in [3.63, 3.8) is 0 Å². The number of aromatic nitrogens is 1. The Morgan fingerprint density at radius 3 is 2.58 bits per heavy atom. The normalized spacial score (nSPS) is 20.2. The summed E-state index contributed by atoms with van der Waals surface area (Å²) in [5.74, 6) is 1.03. The molecule has 1 saturated carbocycles. The molecule has 0 atom stereocenters. The summed E-state index contributed by atoms with van der Waals surface area (Å²) in [5.41, 5.74) is 5.04. The maximum absolute atomic E-state index is 12.3. The van der Waals surface area contributed by atoms with E-state index in [1.54, 1.807) is 0 Å². The number of rotatable bonds is 5. The number of H-pyrrole nitrogens is 1. The number of hydrogen-bond acceptors (Lipinski definition) is 4. The summed E-state index contributed by atoms with van der Waals surface area (Å²) in [5, 5.41) is 3.06. The summed E-state index contributed by atoms with van der Waals surface area (Å²) < 4.78 is 0. The van der Waals surface area contributed by atoms with E-state index in [0.717, 1.165) is 31.8 Å². The van der Waals surface area contributed by atoms with Gasteiger partial charge in [0.05, 0.1) is 5.02 Å². The van der Waals surface area contributed by atoms with Crippen molar-refractivity contribution in [3.05, 3.63) is 27.0 Å². The lowest BCUT2D eigenvalue weighted by Gasteiger charge is -2.35. The van der Waals surface area contributed by atoms with Gasteiger partial charge in [-0.05, 0) is 56.7 Å². The zero-order chi connectivity index (χ0) is 18.5. The fourth-order valence-electron chi connectivity index (χ4n) is 4.13. The van der Waals surface area contributed by atoms with Crippen molar-refractivity contribution in [2.75, 3.05) is 31.9 Å². The van der Waals surface area contributed by atoms with Gasteiger partial charge in [0.25, 0.3) is 11.5 Å². The van der Waals surface area contributed by atoms with Gasteiger partial charge in [-0.3, -0.25) is 9.59 Å². The maximum atomic E-state index is 12.3. The van der Waals surface area contributed by atoms with Crippen LogP contribution in [-0.4, -0.2) is 42.0 Å². The molecule has 1 aliphatic heterocycles. The van der Waals surface area contributed by atoms with Crippen molar-refractivity contribution < 1.29 is 4.79 Å². The lowest BCUT2D eigenvalue weighted by molar-refractivity contribution is 0.0929. The van der Waals surface area contributed by atoms with Crippen molar-refractivity contribution in [2.24, 2.45) is 11.8 Å². The Morgan fingerprint density at radius 1 is 1.19 bits per heavy atom. The zero-order valence-electron chi connectivity index (χ0n) is 15.2. The van der Waals surface area contributed by atoms with Gasteiger partial charge < -0.3 is 20.9 Å². The predicted molar refractivity (Wildman–Crippen MR) is 105 cm³/mol. The van der Waals surface area contributed by atoms with E-state index in [-0.39, 0.29) is 16.4 Å². The minimum absolute atomic E-state index is 0.0129. The number of nitrogen functional groups attached to an aromatic ring is 1. The largest absolute Gasteiger partial charge is 0.384 e. The molecular weight excluding hydrogens is 352 g/mol. The Bertz CT molecular complexity index is 677. The van der Waals surface area contributed by atoms with Gasteiger partial charge in [0.15, 0.2) is 0 Å². The van der Waals surface area contributed by atoms with Crippen molar-refractivity contribution in [2.45, 2.75) is 44.9 Å². The Labute approximate surface area is 159 Å². The highest BCUT2D eigenvalue weighted by Crippen LogP contribution is 2.26. The topological polar surface area (TPSA) is 91.2 Å². The molecule has 7 heteroatoms. The number of nitrogens with zero attached hydrogens (tertiary/aromatic N) is 1. The van der Waals surface area contributed by atoms with Gasteiger partial charge in [0.1, 0.15) is 11.4 Å². The molecule has 1 amide bonds. The van der Waals surface area contributed by atoms with Crippen LogP contribution in [0, 0.1) is 11.8 Å². The molecule has 1 aromatic heterocycles. The predicted octanol–water partition coefficient (Wildman–Crippen LogP) is 2.63. The lowest BCUT2D eigenvalue weighted by atomic mass is 9.88. The molecule has 0 spiro atoms. The van der Waals surface area contributed by atoms with Gasteiger partial charge in [-0.25, -0.2) is 0 Å². The van der Waals surface area contributed by atoms with Crippen LogP contribution in [0.15, 0.2) is 10.9 Å². The average Bonchev–Trinajstić information content (AvgIpc) is 2.65. The Morgan fingerprint density at radius 2 is 1.88 bits per heavy atom. The lowest BCUT2D eigenvalue weighted by Crippen LogP contribution is -2.41.